The summed E-state index contributed by atoms with van der Waals surface area (Å²) in [4.78, 5) is 42.7. The highest BCUT2D eigenvalue weighted by Crippen LogP contribution is 2.35. The highest BCUT2D eigenvalue weighted by molar-refractivity contribution is 6.35. The van der Waals surface area contributed by atoms with E-state index in [2.05, 4.69) is 20.9 Å². The molecule has 0 saturated heterocycles. The van der Waals surface area contributed by atoms with Crippen LogP contribution >= 0.6 is 0 Å². The van der Waals surface area contributed by atoms with Crippen LogP contribution in [0.4, 0.5) is 5.69 Å². The summed E-state index contributed by atoms with van der Waals surface area (Å²) in [5.74, 6) is -0.139. The molecule has 0 aliphatic carbocycles. The molecule has 9 nitrogen and oxygen atoms in total. The molecular weight excluding hydrogens is 556 g/mol. The Balaban J connectivity index is 1.35. The largest absolute Gasteiger partial charge is 0.497 e. The van der Waals surface area contributed by atoms with Gasteiger partial charge in [-0.15, -0.1) is 0 Å². The number of aliphatic hydroxyl groups excluding tert-OH is 1. The molecule has 1 aliphatic heterocycles. The molecule has 1 aromatic heterocycles. The van der Waals surface area contributed by atoms with E-state index in [1.165, 1.54) is 0 Å². The number of hydrogen-bond donors (Lipinski definition) is 5. The Kier molecular flexibility index (Phi) is 8.96. The zero-order valence-corrected chi connectivity index (χ0v) is 25.2. The van der Waals surface area contributed by atoms with Crippen LogP contribution in [0.2, 0.25) is 0 Å². The summed E-state index contributed by atoms with van der Waals surface area (Å²) in [5.41, 5.74) is 6.32. The Morgan fingerprint density at radius 1 is 0.977 bits per heavy atom. The molecule has 0 fully saturated rings. The highest BCUT2D eigenvalue weighted by atomic mass is 16.5. The number of nitrogens with one attached hydrogen (secondary N) is 4. The van der Waals surface area contributed by atoms with Gasteiger partial charge in [-0.2, -0.15) is 0 Å². The minimum atomic E-state index is -0.493. The molecule has 2 heterocycles. The number of rotatable bonds is 10. The molecular formula is C35H36N4O5. The van der Waals surface area contributed by atoms with Crippen LogP contribution in [0.3, 0.4) is 0 Å². The van der Waals surface area contributed by atoms with Gasteiger partial charge in [-0.3, -0.25) is 14.4 Å². The molecule has 3 aromatic carbocycles. The van der Waals surface area contributed by atoms with Crippen molar-refractivity contribution in [2.24, 2.45) is 0 Å². The van der Waals surface area contributed by atoms with E-state index in [0.29, 0.717) is 51.3 Å². The maximum absolute atomic E-state index is 13.4. The van der Waals surface area contributed by atoms with Gasteiger partial charge in [-0.05, 0) is 80.3 Å². The summed E-state index contributed by atoms with van der Waals surface area (Å²) in [6.07, 6.45) is 2.15. The Hall–Kier alpha value is -5.15. The Bertz CT molecular complexity index is 1720. The molecule has 0 radical (unpaired) electrons. The van der Waals surface area contributed by atoms with Crippen LogP contribution in [0.15, 0.2) is 72.8 Å². The third-order valence-corrected chi connectivity index (χ3v) is 7.90. The van der Waals surface area contributed by atoms with Gasteiger partial charge in [0.1, 0.15) is 5.75 Å². The Labute approximate surface area is 256 Å². The smallest absolute Gasteiger partial charge is 0.256 e. The number of carbonyl (C=O) groups excluding carboxylic acids is 3. The molecule has 0 spiro atoms. The van der Waals surface area contributed by atoms with Crippen molar-refractivity contribution in [3.8, 4) is 5.75 Å². The number of aromatic nitrogens is 1. The number of hydrogen-bond acceptors (Lipinski definition) is 5. The maximum Gasteiger partial charge on any atom is 0.256 e. The molecule has 9 heteroatoms. The molecule has 44 heavy (non-hydrogen) atoms. The standard InChI is InChI=1S/C35H36N4O5/c1-20-31(36-22(3)32(20)35(43)38-26(19-40)16-23-10-13-27(44-4)14-11-23)18-29-28-17-25(12-15-30(28)39-34(29)42)33(41)37-21(2)24-8-6-5-7-9-24/h5-15,17-18,21,26,36,40H,16,19H2,1-4H3,(H,37,41)(H,38,43)(H,39,42)/b29-18-/t21?,26-/m0/s1. The number of fused-ring (bicyclic) bond motifs is 1. The fraction of sp³-hybridized carbons (Fsp3) is 0.229. The van der Waals surface area contributed by atoms with Crippen LogP contribution in [0.5, 0.6) is 5.75 Å². The van der Waals surface area contributed by atoms with Crippen LogP contribution in [0.25, 0.3) is 11.6 Å². The van der Waals surface area contributed by atoms with Crippen LogP contribution in [0.1, 0.15) is 67.3 Å². The lowest BCUT2D eigenvalue weighted by atomic mass is 10.0. The van der Waals surface area contributed by atoms with Crippen molar-refractivity contribution >= 4 is 35.1 Å². The molecule has 0 bridgehead atoms. The lowest BCUT2D eigenvalue weighted by Gasteiger charge is -2.17. The molecule has 2 atom stereocenters. The van der Waals surface area contributed by atoms with Crippen molar-refractivity contribution in [3.05, 3.63) is 118 Å². The summed E-state index contributed by atoms with van der Waals surface area (Å²) in [5, 5.41) is 18.8. The van der Waals surface area contributed by atoms with Gasteiger partial charge in [-0.1, -0.05) is 42.5 Å². The average Bonchev–Trinajstić information content (AvgIpc) is 3.50. The van der Waals surface area contributed by atoms with Crippen LogP contribution < -0.4 is 20.7 Å². The van der Waals surface area contributed by atoms with Gasteiger partial charge in [0.15, 0.2) is 0 Å². The lowest BCUT2D eigenvalue weighted by Crippen LogP contribution is -2.39. The average molecular weight is 593 g/mol. The fourth-order valence-corrected chi connectivity index (χ4v) is 5.45. The molecule has 3 amide bonds. The monoisotopic (exact) mass is 592 g/mol. The number of anilines is 1. The zero-order valence-electron chi connectivity index (χ0n) is 25.2. The molecule has 5 N–H and O–H groups in total. The number of carbonyl (C=O) groups is 3. The third kappa shape index (κ3) is 6.43. The highest BCUT2D eigenvalue weighted by Gasteiger charge is 2.27. The number of aliphatic hydroxyl groups is 1. The summed E-state index contributed by atoms with van der Waals surface area (Å²) < 4.78 is 5.20. The van der Waals surface area contributed by atoms with E-state index in [0.717, 1.165) is 16.9 Å². The topological polar surface area (TPSA) is 133 Å². The normalized spacial score (nSPS) is 14.5. The van der Waals surface area contributed by atoms with Gasteiger partial charge in [0, 0.05) is 28.2 Å². The van der Waals surface area contributed by atoms with Gasteiger partial charge in [0.25, 0.3) is 17.7 Å². The summed E-state index contributed by atoms with van der Waals surface area (Å²) >= 11 is 0. The number of methoxy groups -OCH3 is 1. The maximum atomic E-state index is 13.4. The number of benzene rings is 3. The first-order valence-corrected chi connectivity index (χ1v) is 14.5. The van der Waals surface area contributed by atoms with Gasteiger partial charge in [-0.25, -0.2) is 0 Å². The van der Waals surface area contributed by atoms with E-state index in [1.54, 1.807) is 38.3 Å². The van der Waals surface area contributed by atoms with E-state index < -0.39 is 6.04 Å². The zero-order chi connectivity index (χ0) is 31.4. The quantitative estimate of drug-likeness (QED) is 0.166. The third-order valence-electron chi connectivity index (χ3n) is 7.90. The van der Waals surface area contributed by atoms with Gasteiger partial charge < -0.3 is 30.8 Å². The van der Waals surface area contributed by atoms with Gasteiger partial charge >= 0.3 is 0 Å². The van der Waals surface area contributed by atoms with Crippen LogP contribution in [-0.2, 0) is 11.2 Å². The predicted molar refractivity (Wildman–Crippen MR) is 171 cm³/mol. The van der Waals surface area contributed by atoms with E-state index >= 15 is 0 Å². The summed E-state index contributed by atoms with van der Waals surface area (Å²) in [6, 6.07) is 21.6. The van der Waals surface area contributed by atoms with Crippen molar-refractivity contribution in [3.63, 3.8) is 0 Å². The lowest BCUT2D eigenvalue weighted by molar-refractivity contribution is -0.110. The second-order valence-corrected chi connectivity index (χ2v) is 10.9. The van der Waals surface area contributed by atoms with Crippen molar-refractivity contribution < 1.29 is 24.2 Å². The second kappa shape index (κ2) is 13.0. The van der Waals surface area contributed by atoms with E-state index in [4.69, 9.17) is 4.74 Å². The van der Waals surface area contributed by atoms with Crippen molar-refractivity contribution in [1.82, 2.24) is 15.6 Å². The number of amides is 3. The van der Waals surface area contributed by atoms with Crippen LogP contribution in [-0.4, -0.2) is 47.6 Å². The number of aromatic amines is 1. The number of ether oxygens (including phenoxy) is 1. The van der Waals surface area contributed by atoms with Crippen molar-refractivity contribution in [2.75, 3.05) is 19.0 Å². The Morgan fingerprint density at radius 2 is 1.70 bits per heavy atom. The second-order valence-electron chi connectivity index (χ2n) is 10.9. The minimum Gasteiger partial charge on any atom is -0.497 e. The van der Waals surface area contributed by atoms with E-state index in [-0.39, 0.29) is 30.4 Å². The summed E-state index contributed by atoms with van der Waals surface area (Å²) in [7, 11) is 1.60. The first-order valence-electron chi connectivity index (χ1n) is 14.5. The fourth-order valence-electron chi connectivity index (χ4n) is 5.45. The molecule has 1 aliphatic rings. The number of aryl methyl sites for hydroxylation is 1. The molecule has 226 valence electrons. The molecule has 1 unspecified atom stereocenters. The number of H-pyrrole nitrogens is 1. The van der Waals surface area contributed by atoms with Gasteiger partial charge in [0.2, 0.25) is 0 Å². The Morgan fingerprint density at radius 3 is 2.39 bits per heavy atom. The minimum absolute atomic E-state index is 0.192. The summed E-state index contributed by atoms with van der Waals surface area (Å²) in [6.45, 7) is 5.29. The van der Waals surface area contributed by atoms with Crippen molar-refractivity contribution in [2.45, 2.75) is 39.3 Å². The van der Waals surface area contributed by atoms with Crippen molar-refractivity contribution in [1.29, 1.82) is 0 Å². The molecule has 5 rings (SSSR count). The molecule has 0 saturated carbocycles. The van der Waals surface area contributed by atoms with E-state index in [1.807, 2.05) is 68.4 Å². The molecule has 4 aromatic rings. The first-order chi connectivity index (χ1) is 21.2. The first kappa shape index (κ1) is 30.3. The van der Waals surface area contributed by atoms with Gasteiger partial charge in [0.05, 0.1) is 36.9 Å². The van der Waals surface area contributed by atoms with E-state index in [9.17, 15) is 19.5 Å². The van der Waals surface area contributed by atoms with Crippen LogP contribution in [0, 0.1) is 13.8 Å². The SMILES string of the molecule is COc1ccc(C[C@@H](CO)NC(=O)c2c(C)[nH]c(/C=C3\C(=O)Nc4ccc(C(=O)NC(C)c5ccccc5)cc43)c2C)cc1. The predicted octanol–water partition coefficient (Wildman–Crippen LogP) is 4.96.